The van der Waals surface area contributed by atoms with E-state index in [4.69, 9.17) is 9.15 Å². The summed E-state index contributed by atoms with van der Waals surface area (Å²) in [5, 5.41) is 0. The number of hydrogen-bond acceptors (Lipinski definition) is 4. The maximum Gasteiger partial charge on any atom is 0.420 e. The first-order valence-electron chi connectivity index (χ1n) is 8.72. The Morgan fingerprint density at radius 3 is 2.77 bits per heavy atom. The van der Waals surface area contributed by atoms with Crippen LogP contribution in [0, 0.1) is 0 Å². The summed E-state index contributed by atoms with van der Waals surface area (Å²) in [6, 6.07) is 2.55. The lowest BCUT2D eigenvalue weighted by Gasteiger charge is -2.20. The zero-order valence-electron chi connectivity index (χ0n) is 14.5. The molecule has 1 aliphatic heterocycles. The van der Waals surface area contributed by atoms with E-state index < -0.39 is 17.8 Å². The van der Waals surface area contributed by atoms with Crippen molar-refractivity contribution < 1.29 is 27.1 Å². The minimum absolute atomic E-state index is 0.0592. The predicted octanol–water partition coefficient (Wildman–Crippen LogP) is 4.84. The second kappa shape index (κ2) is 5.89. The summed E-state index contributed by atoms with van der Waals surface area (Å²) < 4.78 is 51.2. The molecule has 2 unspecified atom stereocenters. The number of benzene rings is 1. The van der Waals surface area contributed by atoms with Gasteiger partial charge in [-0.3, -0.25) is 4.90 Å². The van der Waals surface area contributed by atoms with Gasteiger partial charge in [0.25, 0.3) is 0 Å². The van der Waals surface area contributed by atoms with Crippen molar-refractivity contribution in [1.82, 2.24) is 9.88 Å². The van der Waals surface area contributed by atoms with E-state index in [1.54, 1.807) is 19.9 Å². The molecule has 0 bridgehead atoms. The molecule has 0 spiro atoms. The van der Waals surface area contributed by atoms with Gasteiger partial charge in [0, 0.05) is 12.5 Å². The van der Waals surface area contributed by atoms with Gasteiger partial charge in [-0.2, -0.15) is 13.2 Å². The predicted molar refractivity (Wildman–Crippen MR) is 86.6 cm³/mol. The Morgan fingerprint density at radius 1 is 1.31 bits per heavy atom. The highest BCUT2D eigenvalue weighted by Gasteiger charge is 2.44. The van der Waals surface area contributed by atoms with Crippen molar-refractivity contribution in [1.29, 1.82) is 0 Å². The fourth-order valence-corrected chi connectivity index (χ4v) is 3.77. The summed E-state index contributed by atoms with van der Waals surface area (Å²) in [5.74, 6) is 0.138. The molecule has 0 radical (unpaired) electrons. The van der Waals surface area contributed by atoms with Crippen LogP contribution in [-0.2, 0) is 17.5 Å². The average molecular weight is 368 g/mol. The molecular formula is C18H19F3N2O3. The van der Waals surface area contributed by atoms with Crippen molar-refractivity contribution in [2.75, 3.05) is 0 Å². The van der Waals surface area contributed by atoms with Crippen LogP contribution in [0.25, 0.3) is 11.1 Å². The molecule has 1 aromatic carbocycles. The second-order valence-corrected chi connectivity index (χ2v) is 7.24. The average Bonchev–Trinajstić information content (AvgIpc) is 3.22. The molecule has 0 N–H and O–H groups in total. The lowest BCUT2D eigenvalue weighted by Crippen LogP contribution is -2.33. The number of carbonyl (C=O) groups excluding carboxylic acids is 1. The van der Waals surface area contributed by atoms with E-state index in [-0.39, 0.29) is 41.6 Å². The third kappa shape index (κ3) is 2.81. The van der Waals surface area contributed by atoms with E-state index in [0.717, 1.165) is 25.3 Å². The van der Waals surface area contributed by atoms with Crippen molar-refractivity contribution in [2.24, 2.45) is 0 Å². The smallest absolute Gasteiger partial charge is 0.420 e. The molecule has 1 aromatic heterocycles. The fraction of sp³-hybridized carbons (Fsp3) is 0.556. The molecule has 2 heterocycles. The Hall–Kier alpha value is -2.25. The van der Waals surface area contributed by atoms with Crippen molar-refractivity contribution >= 4 is 17.2 Å². The highest BCUT2D eigenvalue weighted by Crippen LogP contribution is 2.39. The number of nitrogens with zero attached hydrogens (tertiary/aromatic N) is 2. The van der Waals surface area contributed by atoms with Gasteiger partial charge in [0.1, 0.15) is 17.2 Å². The Balaban J connectivity index is 1.74. The summed E-state index contributed by atoms with van der Waals surface area (Å²) >= 11 is 0. The van der Waals surface area contributed by atoms with Gasteiger partial charge in [0.05, 0.1) is 6.04 Å². The molecule has 26 heavy (non-hydrogen) atoms. The Morgan fingerprint density at radius 2 is 2.08 bits per heavy atom. The number of halogens is 3. The van der Waals surface area contributed by atoms with E-state index in [2.05, 4.69) is 4.98 Å². The molecular weight excluding hydrogens is 349 g/mol. The molecule has 8 heteroatoms. The molecule has 2 aliphatic rings. The normalized spacial score (nSPS) is 23.2. The van der Waals surface area contributed by atoms with Crippen LogP contribution >= 0.6 is 0 Å². The van der Waals surface area contributed by atoms with Crippen molar-refractivity contribution in [3.8, 4) is 0 Å². The summed E-state index contributed by atoms with van der Waals surface area (Å²) in [7, 11) is 0. The number of hydrogen-bond donors (Lipinski definition) is 0. The van der Waals surface area contributed by atoms with E-state index in [1.807, 2.05) is 0 Å². The van der Waals surface area contributed by atoms with Crippen molar-refractivity contribution in [3.63, 3.8) is 0 Å². The Labute approximate surface area is 148 Å². The minimum atomic E-state index is -4.57. The summed E-state index contributed by atoms with van der Waals surface area (Å²) in [6.07, 6.45) is -2.60. The molecule has 140 valence electrons. The van der Waals surface area contributed by atoms with Crippen molar-refractivity contribution in [2.45, 2.75) is 63.9 Å². The third-order valence-electron chi connectivity index (χ3n) is 5.02. The zero-order valence-corrected chi connectivity index (χ0v) is 14.5. The Bertz CT molecular complexity index is 859. The lowest BCUT2D eigenvalue weighted by molar-refractivity contribution is -0.136. The quantitative estimate of drug-likeness (QED) is 0.778. The molecule has 1 saturated carbocycles. The topological polar surface area (TPSA) is 55.6 Å². The van der Waals surface area contributed by atoms with Gasteiger partial charge in [-0.25, -0.2) is 9.78 Å². The monoisotopic (exact) mass is 368 g/mol. The number of alkyl halides is 3. The summed E-state index contributed by atoms with van der Waals surface area (Å²) in [4.78, 5) is 17.8. The molecule has 2 fully saturated rings. The van der Waals surface area contributed by atoms with E-state index in [1.165, 1.54) is 4.90 Å². The molecule has 4 rings (SSSR count). The van der Waals surface area contributed by atoms with Gasteiger partial charge in [-0.05, 0) is 37.0 Å². The second-order valence-electron chi connectivity index (χ2n) is 7.24. The maximum atomic E-state index is 13.5. The molecule has 2 aromatic rings. The standard InChI is InChI=1S/C18H19F3N2O3/c1-9(2)16-22-12-7-10(6-11(15(12)26-16)18(19,20)21)8-23-13-4-3-5-14(13)25-17(23)24/h6-7,9,13-14H,3-5,8H2,1-2H3. The van der Waals surface area contributed by atoms with Gasteiger partial charge in [0.2, 0.25) is 0 Å². The largest absolute Gasteiger partial charge is 0.444 e. The number of ether oxygens (including phenoxy) is 1. The van der Waals surface area contributed by atoms with E-state index >= 15 is 0 Å². The highest BCUT2D eigenvalue weighted by atomic mass is 19.4. The van der Waals surface area contributed by atoms with Crippen LogP contribution in [0.5, 0.6) is 0 Å². The maximum absolute atomic E-state index is 13.5. The van der Waals surface area contributed by atoms with Gasteiger partial charge in [0.15, 0.2) is 11.5 Å². The number of carbonyl (C=O) groups is 1. The first-order valence-corrected chi connectivity index (χ1v) is 8.72. The molecule has 5 nitrogen and oxygen atoms in total. The van der Waals surface area contributed by atoms with Crippen LogP contribution in [-0.4, -0.2) is 28.1 Å². The summed E-state index contributed by atoms with van der Waals surface area (Å²) in [5.41, 5.74) is -0.584. The van der Waals surface area contributed by atoms with Crippen LogP contribution in [0.15, 0.2) is 16.5 Å². The first kappa shape index (κ1) is 17.2. The van der Waals surface area contributed by atoms with Crippen LogP contribution in [0.1, 0.15) is 56.0 Å². The molecule has 1 aliphatic carbocycles. The highest BCUT2D eigenvalue weighted by molar-refractivity contribution is 5.78. The van der Waals surface area contributed by atoms with Crippen LogP contribution in [0.3, 0.4) is 0 Å². The summed E-state index contributed by atoms with van der Waals surface area (Å²) in [6.45, 7) is 3.68. The van der Waals surface area contributed by atoms with Gasteiger partial charge in [-0.15, -0.1) is 0 Å². The van der Waals surface area contributed by atoms with E-state index in [0.29, 0.717) is 5.56 Å². The minimum Gasteiger partial charge on any atom is -0.444 e. The number of amides is 1. The van der Waals surface area contributed by atoms with Crippen LogP contribution in [0.4, 0.5) is 18.0 Å². The molecule has 1 saturated heterocycles. The van der Waals surface area contributed by atoms with Crippen LogP contribution in [0.2, 0.25) is 0 Å². The van der Waals surface area contributed by atoms with E-state index in [9.17, 15) is 18.0 Å². The first-order chi connectivity index (χ1) is 12.2. The zero-order chi connectivity index (χ0) is 18.6. The van der Waals surface area contributed by atoms with Gasteiger partial charge >= 0.3 is 12.3 Å². The number of aromatic nitrogens is 1. The third-order valence-corrected chi connectivity index (χ3v) is 5.02. The number of oxazole rings is 1. The molecule has 1 amide bonds. The van der Waals surface area contributed by atoms with Crippen LogP contribution < -0.4 is 0 Å². The number of rotatable bonds is 3. The fourth-order valence-electron chi connectivity index (χ4n) is 3.77. The SMILES string of the molecule is CC(C)c1nc2cc(CN3C(=O)OC4CCCC43)cc(C(F)(F)F)c2o1. The molecule has 2 atom stereocenters. The van der Waals surface area contributed by atoms with Gasteiger partial charge in [-0.1, -0.05) is 13.8 Å². The number of fused-ring (bicyclic) bond motifs is 2. The van der Waals surface area contributed by atoms with Crippen molar-refractivity contribution in [3.05, 3.63) is 29.2 Å². The Kier molecular flexibility index (Phi) is 3.89. The van der Waals surface area contributed by atoms with Gasteiger partial charge < -0.3 is 9.15 Å². The lowest BCUT2D eigenvalue weighted by atomic mass is 10.1.